The number of rotatable bonds is 8. The minimum Gasteiger partial charge on any atom is -0.463 e. The summed E-state index contributed by atoms with van der Waals surface area (Å²) >= 11 is 0. The monoisotopic (exact) mass is 478 g/mol. The molecular formula is C16H18N2O11S2. The zero-order chi connectivity index (χ0) is 23.3. The van der Waals surface area contributed by atoms with Crippen molar-refractivity contribution in [3.8, 4) is 0 Å². The fourth-order valence-electron chi connectivity index (χ4n) is 2.77. The Morgan fingerprint density at radius 2 is 2.03 bits per heavy atom. The molecule has 13 nitrogen and oxygen atoms in total. The number of aldehydes is 1. The summed E-state index contributed by atoms with van der Waals surface area (Å²) in [6.07, 6.45) is -1.11. The number of carbonyl (C=O) groups is 3. The molecule has 2 N–H and O–H groups in total. The number of nitrogens with zero attached hydrogens (tertiary/aromatic N) is 1. The first-order valence-corrected chi connectivity index (χ1v) is 11.3. The van der Waals surface area contributed by atoms with Crippen molar-refractivity contribution in [2.75, 3.05) is 6.61 Å². The minimum absolute atomic E-state index is 0.0604. The molecule has 1 aromatic rings. The summed E-state index contributed by atoms with van der Waals surface area (Å²) in [5, 5.41) is 0. The first-order chi connectivity index (χ1) is 14.4. The SMILES string of the molecule is CC(=O)OC[C@H]1O[C@@H](n2cc(/C(=C\C=O)SS(=O)(=O)O)c(=O)[nH]c2=O)C[C@@H]1OC(C)=O. The van der Waals surface area contributed by atoms with Crippen LogP contribution >= 0.6 is 10.8 Å². The Morgan fingerprint density at radius 1 is 1.35 bits per heavy atom. The van der Waals surface area contributed by atoms with Crippen LogP contribution in [0.1, 0.15) is 32.1 Å². The van der Waals surface area contributed by atoms with Gasteiger partial charge in [0.15, 0.2) is 0 Å². The predicted octanol–water partition coefficient (Wildman–Crippen LogP) is -0.605. The van der Waals surface area contributed by atoms with Gasteiger partial charge in [-0.15, -0.1) is 0 Å². The van der Waals surface area contributed by atoms with Gasteiger partial charge in [-0.2, -0.15) is 8.42 Å². The number of carbonyl (C=O) groups excluding carboxylic acids is 3. The molecule has 31 heavy (non-hydrogen) atoms. The van der Waals surface area contributed by atoms with E-state index in [0.29, 0.717) is 0 Å². The Kier molecular flexibility index (Phi) is 7.94. The lowest BCUT2D eigenvalue weighted by molar-refractivity contribution is -0.155. The van der Waals surface area contributed by atoms with Gasteiger partial charge in [-0.05, 0) is 6.08 Å². The number of aromatic nitrogens is 2. The van der Waals surface area contributed by atoms with E-state index in [1.807, 2.05) is 4.98 Å². The Bertz CT molecular complexity index is 1120. The number of ether oxygens (including phenoxy) is 3. The summed E-state index contributed by atoms with van der Waals surface area (Å²) < 4.78 is 48.0. The van der Waals surface area contributed by atoms with Gasteiger partial charge in [0, 0.05) is 42.2 Å². The zero-order valence-electron chi connectivity index (χ0n) is 16.2. The number of hydrogen-bond donors (Lipinski definition) is 2. The molecule has 0 radical (unpaired) electrons. The van der Waals surface area contributed by atoms with E-state index in [-0.39, 0.29) is 30.1 Å². The molecule has 0 spiro atoms. The van der Waals surface area contributed by atoms with E-state index >= 15 is 0 Å². The van der Waals surface area contributed by atoms with Crippen LogP contribution in [0.25, 0.3) is 4.91 Å². The quantitative estimate of drug-likeness (QED) is 0.159. The van der Waals surface area contributed by atoms with Crippen LogP contribution in [0.15, 0.2) is 21.9 Å². The third-order valence-electron chi connectivity index (χ3n) is 3.91. The zero-order valence-corrected chi connectivity index (χ0v) is 17.8. The topological polar surface area (TPSA) is 188 Å². The molecule has 1 saturated heterocycles. The largest absolute Gasteiger partial charge is 0.463 e. The molecule has 2 heterocycles. The lowest BCUT2D eigenvalue weighted by atomic mass is 10.2. The number of aromatic amines is 1. The maximum Gasteiger partial charge on any atom is 0.330 e. The molecule has 2 rings (SSSR count). The van der Waals surface area contributed by atoms with Gasteiger partial charge in [0.25, 0.3) is 5.56 Å². The summed E-state index contributed by atoms with van der Waals surface area (Å²) in [6.45, 7) is 2.05. The lowest BCUT2D eigenvalue weighted by Gasteiger charge is -2.17. The van der Waals surface area contributed by atoms with E-state index in [4.69, 9.17) is 18.8 Å². The highest BCUT2D eigenvalue weighted by molar-refractivity contribution is 8.73. The second kappa shape index (κ2) is 10.0. The number of H-pyrrole nitrogens is 1. The van der Waals surface area contributed by atoms with Gasteiger partial charge in [-0.3, -0.25) is 33.3 Å². The van der Waals surface area contributed by atoms with Crippen molar-refractivity contribution < 1.29 is 41.6 Å². The van der Waals surface area contributed by atoms with Crippen molar-refractivity contribution in [1.29, 1.82) is 0 Å². The molecule has 1 aliphatic rings. The summed E-state index contributed by atoms with van der Waals surface area (Å²) in [6, 6.07) is 0. The van der Waals surface area contributed by atoms with Crippen LogP contribution in [0.3, 0.4) is 0 Å². The number of allylic oxidation sites excluding steroid dienone is 1. The molecule has 15 heteroatoms. The smallest absolute Gasteiger partial charge is 0.330 e. The van der Waals surface area contributed by atoms with Crippen LogP contribution in [-0.2, 0) is 37.7 Å². The number of nitrogens with one attached hydrogen (secondary N) is 1. The highest BCUT2D eigenvalue weighted by atomic mass is 33.1. The Balaban J connectivity index is 2.44. The normalized spacial score (nSPS) is 21.5. The molecular weight excluding hydrogens is 460 g/mol. The molecule has 3 atom stereocenters. The summed E-state index contributed by atoms with van der Waals surface area (Å²) in [4.78, 5) is 59.3. The van der Waals surface area contributed by atoms with Crippen LogP contribution in [0.4, 0.5) is 0 Å². The van der Waals surface area contributed by atoms with Crippen molar-refractivity contribution in [3.63, 3.8) is 0 Å². The molecule has 0 aromatic carbocycles. The van der Waals surface area contributed by atoms with Gasteiger partial charge >= 0.3 is 26.8 Å². The molecule has 1 aliphatic heterocycles. The molecule has 0 aliphatic carbocycles. The van der Waals surface area contributed by atoms with E-state index in [0.717, 1.165) is 23.8 Å². The van der Waals surface area contributed by atoms with Gasteiger partial charge in [-0.25, -0.2) is 4.79 Å². The minimum atomic E-state index is -4.69. The van der Waals surface area contributed by atoms with Gasteiger partial charge in [0.2, 0.25) is 0 Å². The average molecular weight is 478 g/mol. The van der Waals surface area contributed by atoms with Crippen LogP contribution in [0.2, 0.25) is 0 Å². The highest BCUT2D eigenvalue weighted by Gasteiger charge is 2.40. The van der Waals surface area contributed by atoms with E-state index in [2.05, 4.69) is 0 Å². The fraction of sp³-hybridized carbons (Fsp3) is 0.438. The third-order valence-corrected chi connectivity index (χ3v) is 5.82. The molecule has 0 unspecified atom stereocenters. The second-order valence-corrected chi connectivity index (χ2v) is 9.43. The molecule has 1 fully saturated rings. The van der Waals surface area contributed by atoms with Crippen molar-refractivity contribution >= 4 is 43.1 Å². The third kappa shape index (κ3) is 6.88. The standard InChI is InChI=1S/C16H18N2O11S2/c1-8(20)27-7-12-11(28-9(2)21)5-14(29-12)18-6-10(15(22)17-16(18)23)13(3-4-19)30-31(24,25)26/h3-4,6,11-12,14H,5,7H2,1-2H3,(H,17,22,23)(H,24,25,26)/b13-3+/t11-,12+,14+/m0/s1. The average Bonchev–Trinajstić information content (AvgIpc) is 3.00. The number of esters is 2. The molecule has 1 aromatic heterocycles. The first-order valence-electron chi connectivity index (χ1n) is 8.55. The fourth-order valence-corrected chi connectivity index (χ4v) is 4.46. The van der Waals surface area contributed by atoms with Crippen LogP contribution in [-0.4, -0.2) is 59.6 Å². The Labute approximate surface area is 178 Å². The summed E-state index contributed by atoms with van der Waals surface area (Å²) in [5.74, 6) is -1.25. The van der Waals surface area contributed by atoms with Crippen LogP contribution in [0.5, 0.6) is 0 Å². The second-order valence-electron chi connectivity index (χ2n) is 6.20. The van der Waals surface area contributed by atoms with Crippen molar-refractivity contribution in [3.05, 3.63) is 38.7 Å². The van der Waals surface area contributed by atoms with Gasteiger partial charge < -0.3 is 14.2 Å². The Morgan fingerprint density at radius 3 is 2.58 bits per heavy atom. The van der Waals surface area contributed by atoms with Crippen molar-refractivity contribution in [1.82, 2.24) is 9.55 Å². The van der Waals surface area contributed by atoms with Crippen molar-refractivity contribution in [2.24, 2.45) is 0 Å². The van der Waals surface area contributed by atoms with E-state index in [1.165, 1.54) is 6.92 Å². The van der Waals surface area contributed by atoms with Gasteiger partial charge in [-0.1, -0.05) is 0 Å². The summed E-state index contributed by atoms with van der Waals surface area (Å²) in [5.41, 5.74) is -2.36. The van der Waals surface area contributed by atoms with E-state index in [9.17, 15) is 32.4 Å². The summed E-state index contributed by atoms with van der Waals surface area (Å²) in [7, 11) is -4.86. The van der Waals surface area contributed by atoms with Crippen molar-refractivity contribution in [2.45, 2.75) is 38.7 Å². The lowest BCUT2D eigenvalue weighted by Crippen LogP contribution is -2.34. The van der Waals surface area contributed by atoms with Crippen LogP contribution < -0.4 is 11.2 Å². The number of hydrogen-bond acceptors (Lipinski definition) is 11. The predicted molar refractivity (Wildman–Crippen MR) is 105 cm³/mol. The molecule has 0 bridgehead atoms. The maximum atomic E-state index is 12.3. The van der Waals surface area contributed by atoms with E-state index in [1.54, 1.807) is 0 Å². The van der Waals surface area contributed by atoms with Gasteiger partial charge in [0.05, 0.1) is 5.56 Å². The molecule has 170 valence electrons. The maximum absolute atomic E-state index is 12.3. The Hall–Kier alpha value is -2.75. The first kappa shape index (κ1) is 24.5. The molecule has 0 saturated carbocycles. The highest BCUT2D eigenvalue weighted by Crippen LogP contribution is 2.32. The molecule has 0 amide bonds. The van der Waals surface area contributed by atoms with Gasteiger partial charge in [0.1, 0.15) is 31.3 Å². The van der Waals surface area contributed by atoms with E-state index < -0.39 is 61.2 Å². The van der Waals surface area contributed by atoms with Crippen LogP contribution in [0, 0.1) is 0 Å².